The van der Waals surface area contributed by atoms with Gasteiger partial charge in [-0.3, -0.25) is 9.46 Å². The van der Waals surface area contributed by atoms with E-state index in [2.05, 4.69) is 0 Å². The molecule has 128 valence electrons. The molecule has 0 bridgehead atoms. The van der Waals surface area contributed by atoms with E-state index >= 15 is 0 Å². The van der Waals surface area contributed by atoms with E-state index in [9.17, 15) is 24.3 Å². The van der Waals surface area contributed by atoms with Crippen molar-refractivity contribution < 1.29 is 24.3 Å². The van der Waals surface area contributed by atoms with Gasteiger partial charge in [-0.2, -0.15) is 0 Å². The Kier molecular flexibility index (Phi) is 4.59. The van der Waals surface area contributed by atoms with Crippen LogP contribution >= 0.6 is 30.5 Å². The predicted molar refractivity (Wildman–Crippen MR) is 91.2 cm³/mol. The maximum absolute atomic E-state index is 12.4. The highest BCUT2D eigenvalue weighted by atomic mass is 35.5. The Labute approximate surface area is 147 Å². The number of carbonyl (C=O) groups is 1. The summed E-state index contributed by atoms with van der Waals surface area (Å²) in [6, 6.07) is 7.76. The highest BCUT2D eigenvalue weighted by molar-refractivity contribution is 7.54. The van der Waals surface area contributed by atoms with E-state index < -0.39 is 18.8 Å². The van der Waals surface area contributed by atoms with Gasteiger partial charge in [-0.1, -0.05) is 29.8 Å². The first kappa shape index (κ1) is 17.6. The molecular formula is C15H15ClNO5PS. The second-order valence-corrected chi connectivity index (χ2v) is 8.68. The molecule has 0 fully saturated rings. The van der Waals surface area contributed by atoms with Crippen molar-refractivity contribution in [3.63, 3.8) is 0 Å². The van der Waals surface area contributed by atoms with Crippen LogP contribution in [0.4, 0.5) is 0 Å². The Bertz CT molecular complexity index is 835. The molecule has 6 nitrogen and oxygen atoms in total. The van der Waals surface area contributed by atoms with Gasteiger partial charge in [0.2, 0.25) is 5.28 Å². The second kappa shape index (κ2) is 6.26. The first-order valence-corrected chi connectivity index (χ1v) is 10.00. The monoisotopic (exact) mass is 387 g/mol. The molecule has 3 N–H and O–H groups in total. The van der Waals surface area contributed by atoms with Crippen LogP contribution in [-0.2, 0) is 27.6 Å². The number of aliphatic carboxylic acids is 1. The molecule has 9 heteroatoms. The summed E-state index contributed by atoms with van der Waals surface area (Å²) in [5.41, 5.74) is 0.795. The molecule has 0 unspecified atom stereocenters. The van der Waals surface area contributed by atoms with Gasteiger partial charge < -0.3 is 14.9 Å². The van der Waals surface area contributed by atoms with Crippen molar-refractivity contribution in [1.29, 1.82) is 0 Å². The number of rotatable bonds is 4. The van der Waals surface area contributed by atoms with Crippen LogP contribution in [-0.4, -0.2) is 32.3 Å². The van der Waals surface area contributed by atoms with Gasteiger partial charge in [0.05, 0.1) is 0 Å². The van der Waals surface area contributed by atoms with Crippen molar-refractivity contribution in [1.82, 2.24) is 4.90 Å². The van der Waals surface area contributed by atoms with E-state index in [4.69, 9.17) is 11.6 Å². The number of hydrogen-bond donors (Lipinski definition) is 3. The molecule has 0 amide bonds. The molecule has 1 aliphatic heterocycles. The molecule has 1 atom stereocenters. The van der Waals surface area contributed by atoms with E-state index in [1.165, 1.54) is 23.1 Å². The molecule has 1 aliphatic rings. The summed E-state index contributed by atoms with van der Waals surface area (Å²) in [7, 11) is -5.13. The topological polar surface area (TPSA) is 98.1 Å². The lowest BCUT2D eigenvalue weighted by atomic mass is 10.0. The molecular weight excluding hydrogens is 373 g/mol. The Morgan fingerprint density at radius 2 is 2.00 bits per heavy atom. The minimum Gasteiger partial charge on any atom is -0.479 e. The molecule has 0 spiro atoms. The number of carboxylic acids is 1. The molecule has 0 saturated heterocycles. The number of fused-ring (bicyclic) bond motifs is 1. The fourth-order valence-electron chi connectivity index (χ4n) is 3.16. The van der Waals surface area contributed by atoms with Crippen molar-refractivity contribution >= 4 is 36.5 Å². The summed E-state index contributed by atoms with van der Waals surface area (Å²) in [5.74, 6) is -1.61. The summed E-state index contributed by atoms with van der Waals surface area (Å²) in [4.78, 5) is 34.7. The second-order valence-electron chi connectivity index (χ2n) is 5.54. The molecule has 1 aromatic heterocycles. The Balaban J connectivity index is 2.22. The summed E-state index contributed by atoms with van der Waals surface area (Å²) in [5, 5.41) is 9.29. The molecule has 2 heterocycles. The Morgan fingerprint density at radius 1 is 1.29 bits per heavy atom. The summed E-state index contributed by atoms with van der Waals surface area (Å²) >= 11 is 7.68. The van der Waals surface area contributed by atoms with Crippen LogP contribution in [0.3, 0.4) is 0 Å². The van der Waals surface area contributed by atoms with E-state index in [1.54, 1.807) is 17.4 Å². The Hall–Kier alpha value is -1.21. The van der Waals surface area contributed by atoms with Crippen LogP contribution in [0.5, 0.6) is 0 Å². The van der Waals surface area contributed by atoms with Crippen LogP contribution < -0.4 is 0 Å². The normalized spacial score (nSPS) is 18.0. The molecule has 0 aliphatic carbocycles. The quantitative estimate of drug-likeness (QED) is 0.698. The van der Waals surface area contributed by atoms with Gasteiger partial charge in [0.1, 0.15) is 0 Å². The third-order valence-electron chi connectivity index (χ3n) is 4.23. The Morgan fingerprint density at radius 3 is 2.62 bits per heavy atom. The lowest BCUT2D eigenvalue weighted by Crippen LogP contribution is -2.53. The number of hydrogen-bond acceptors (Lipinski definition) is 4. The van der Waals surface area contributed by atoms with E-state index in [-0.39, 0.29) is 23.7 Å². The van der Waals surface area contributed by atoms with Gasteiger partial charge in [-0.05, 0) is 29.5 Å². The average molecular weight is 388 g/mol. The summed E-state index contributed by atoms with van der Waals surface area (Å²) < 4.78 is 12.4. The number of benzene rings is 1. The molecule has 0 radical (unpaired) electrons. The molecule has 1 aromatic carbocycles. The smallest absolute Gasteiger partial charge is 0.361 e. The van der Waals surface area contributed by atoms with Gasteiger partial charge in [-0.15, -0.1) is 11.3 Å². The molecule has 24 heavy (non-hydrogen) atoms. The zero-order chi connectivity index (χ0) is 17.5. The number of carboxylic acid groups (broad SMARTS) is 1. The van der Waals surface area contributed by atoms with Crippen molar-refractivity contribution in [2.24, 2.45) is 0 Å². The van der Waals surface area contributed by atoms with Crippen LogP contribution in [0.2, 0.25) is 5.02 Å². The predicted octanol–water partition coefficient (Wildman–Crippen LogP) is 2.87. The third kappa shape index (κ3) is 2.62. The van der Waals surface area contributed by atoms with Gasteiger partial charge in [0, 0.05) is 28.6 Å². The SMILES string of the molecule is O=C(O)[C@](c1ccccc1Cl)(N1CCc2sccc2C1)P(=O)(O)O. The molecule has 3 rings (SSSR count). The summed E-state index contributed by atoms with van der Waals surface area (Å²) in [6.07, 6.45) is 0.534. The maximum atomic E-state index is 12.4. The van der Waals surface area contributed by atoms with Crippen molar-refractivity contribution in [3.8, 4) is 0 Å². The highest BCUT2D eigenvalue weighted by Crippen LogP contribution is 2.61. The van der Waals surface area contributed by atoms with Crippen LogP contribution in [0.15, 0.2) is 35.7 Å². The first-order valence-electron chi connectivity index (χ1n) is 7.13. The van der Waals surface area contributed by atoms with Gasteiger partial charge >= 0.3 is 13.6 Å². The maximum Gasteiger partial charge on any atom is 0.361 e. The van der Waals surface area contributed by atoms with Gasteiger partial charge in [0.25, 0.3) is 0 Å². The van der Waals surface area contributed by atoms with Crippen molar-refractivity contribution in [3.05, 3.63) is 56.7 Å². The summed E-state index contributed by atoms with van der Waals surface area (Å²) in [6.45, 7) is 0.359. The van der Waals surface area contributed by atoms with Crippen LogP contribution in [0.25, 0.3) is 0 Å². The molecule has 2 aromatic rings. The lowest BCUT2D eigenvalue weighted by Gasteiger charge is -2.42. The fourth-order valence-corrected chi connectivity index (χ4v) is 5.68. The standard InChI is InChI=1S/C15H15ClNO5PS/c16-12-4-2-1-3-11(12)15(14(18)19,23(20,21)22)17-7-5-13-10(9-17)6-8-24-13/h1-4,6,8H,5,7,9H2,(H,18,19)(H2,20,21,22)/t15-/m1/s1. The highest BCUT2D eigenvalue weighted by Gasteiger charge is 2.61. The molecule has 0 saturated carbocycles. The minimum absolute atomic E-state index is 0.0133. The number of nitrogens with zero attached hydrogens (tertiary/aromatic N) is 1. The first-order chi connectivity index (χ1) is 11.3. The van der Waals surface area contributed by atoms with Gasteiger partial charge in [0.15, 0.2) is 0 Å². The fraction of sp³-hybridized carbons (Fsp3) is 0.267. The average Bonchev–Trinajstić information content (AvgIpc) is 2.95. The van der Waals surface area contributed by atoms with Crippen LogP contribution in [0.1, 0.15) is 16.0 Å². The van der Waals surface area contributed by atoms with Gasteiger partial charge in [-0.25, -0.2) is 4.79 Å². The minimum atomic E-state index is -5.13. The zero-order valence-corrected chi connectivity index (χ0v) is 14.9. The van der Waals surface area contributed by atoms with Crippen molar-refractivity contribution in [2.75, 3.05) is 6.54 Å². The van der Waals surface area contributed by atoms with E-state index in [0.29, 0.717) is 6.42 Å². The number of thiophene rings is 1. The van der Waals surface area contributed by atoms with Crippen LogP contribution in [0, 0.1) is 0 Å². The number of halogens is 1. The van der Waals surface area contributed by atoms with Crippen molar-refractivity contribution in [2.45, 2.75) is 18.2 Å². The van der Waals surface area contributed by atoms with E-state index in [0.717, 1.165) is 10.4 Å². The largest absolute Gasteiger partial charge is 0.479 e. The lowest BCUT2D eigenvalue weighted by molar-refractivity contribution is -0.148. The zero-order valence-electron chi connectivity index (χ0n) is 12.4. The van der Waals surface area contributed by atoms with E-state index in [1.807, 2.05) is 11.4 Å². The third-order valence-corrected chi connectivity index (χ3v) is 7.15.